The van der Waals surface area contributed by atoms with Gasteiger partial charge in [0.05, 0.1) is 0 Å². The molecule has 4 nitrogen and oxygen atoms in total. The summed E-state index contributed by atoms with van der Waals surface area (Å²) in [6, 6.07) is -0.376. The highest BCUT2D eigenvalue weighted by Crippen LogP contribution is 2.36. The first-order valence-electron chi connectivity index (χ1n) is 5.15. The number of nitrogens with one attached hydrogen (secondary N) is 1. The van der Waals surface area contributed by atoms with Gasteiger partial charge < -0.3 is 16.2 Å². The lowest BCUT2D eigenvalue weighted by molar-refractivity contribution is -0.138. The largest absolute Gasteiger partial charge is 0.480 e. The molecule has 0 bridgehead atoms. The van der Waals surface area contributed by atoms with Crippen LogP contribution < -0.4 is 11.1 Å². The van der Waals surface area contributed by atoms with E-state index in [0.29, 0.717) is 12.6 Å². The minimum atomic E-state index is -0.937. The lowest BCUT2D eigenvalue weighted by atomic mass is 9.87. The van der Waals surface area contributed by atoms with Gasteiger partial charge in [0.2, 0.25) is 0 Å². The van der Waals surface area contributed by atoms with Gasteiger partial charge in [-0.2, -0.15) is 0 Å². The minimum absolute atomic E-state index is 0.276. The van der Waals surface area contributed by atoms with E-state index in [9.17, 15) is 4.79 Å². The van der Waals surface area contributed by atoms with Gasteiger partial charge in [0.1, 0.15) is 6.04 Å². The van der Waals surface area contributed by atoms with Crippen molar-refractivity contribution in [2.75, 3.05) is 6.54 Å². The molecule has 0 spiro atoms. The van der Waals surface area contributed by atoms with Crippen LogP contribution >= 0.6 is 0 Å². The summed E-state index contributed by atoms with van der Waals surface area (Å²) in [4.78, 5) is 10.5. The number of carbonyl (C=O) groups is 1. The molecule has 1 aliphatic carbocycles. The zero-order valence-electron chi connectivity index (χ0n) is 8.92. The first-order valence-corrected chi connectivity index (χ1v) is 5.15. The molecule has 4 N–H and O–H groups in total. The number of rotatable bonds is 4. The van der Waals surface area contributed by atoms with E-state index in [2.05, 4.69) is 19.2 Å². The molecule has 0 saturated heterocycles. The molecule has 1 saturated carbocycles. The second-order valence-corrected chi connectivity index (χ2v) is 4.79. The third kappa shape index (κ3) is 2.69. The van der Waals surface area contributed by atoms with Crippen LogP contribution in [0.2, 0.25) is 0 Å². The van der Waals surface area contributed by atoms with E-state index in [1.807, 2.05) is 0 Å². The maximum atomic E-state index is 10.5. The van der Waals surface area contributed by atoms with Gasteiger partial charge in [0, 0.05) is 12.6 Å². The Morgan fingerprint density at radius 3 is 2.79 bits per heavy atom. The summed E-state index contributed by atoms with van der Waals surface area (Å²) in [7, 11) is 0. The molecule has 0 aromatic carbocycles. The second kappa shape index (κ2) is 4.28. The van der Waals surface area contributed by atoms with Gasteiger partial charge in [0.15, 0.2) is 0 Å². The number of carboxylic acids is 1. The van der Waals surface area contributed by atoms with Gasteiger partial charge in [0.25, 0.3) is 0 Å². The Balaban J connectivity index is 2.34. The molecule has 0 amide bonds. The van der Waals surface area contributed by atoms with Gasteiger partial charge in [-0.1, -0.05) is 20.3 Å². The van der Waals surface area contributed by atoms with Crippen LogP contribution in [0.3, 0.4) is 0 Å². The Bertz CT molecular complexity index is 216. The Labute approximate surface area is 84.9 Å². The average molecular weight is 200 g/mol. The van der Waals surface area contributed by atoms with Gasteiger partial charge in [-0.3, -0.25) is 4.79 Å². The first-order chi connectivity index (χ1) is 6.43. The van der Waals surface area contributed by atoms with E-state index < -0.39 is 12.0 Å². The predicted octanol–water partition coefficient (Wildman–Crippen LogP) is 0.567. The molecule has 14 heavy (non-hydrogen) atoms. The molecule has 1 rings (SSSR count). The van der Waals surface area contributed by atoms with Crippen molar-refractivity contribution in [2.24, 2.45) is 11.1 Å². The van der Waals surface area contributed by atoms with Crippen LogP contribution in [0.1, 0.15) is 33.1 Å². The van der Waals surface area contributed by atoms with Crippen LogP contribution in [0.5, 0.6) is 0 Å². The summed E-state index contributed by atoms with van der Waals surface area (Å²) in [6.07, 6.45) is 3.54. The van der Waals surface area contributed by atoms with Gasteiger partial charge >= 0.3 is 5.97 Å². The highest BCUT2D eigenvalue weighted by atomic mass is 16.4. The molecule has 4 heteroatoms. The fourth-order valence-corrected chi connectivity index (χ4v) is 2.06. The van der Waals surface area contributed by atoms with Crippen molar-refractivity contribution in [2.45, 2.75) is 45.2 Å². The highest BCUT2D eigenvalue weighted by molar-refractivity contribution is 5.73. The van der Waals surface area contributed by atoms with Crippen LogP contribution in [-0.2, 0) is 4.79 Å². The van der Waals surface area contributed by atoms with E-state index in [1.165, 1.54) is 12.8 Å². The maximum Gasteiger partial charge on any atom is 0.321 e. The SMILES string of the molecule is CC1(C)CCCC1NCC(N)C(=O)O. The van der Waals surface area contributed by atoms with E-state index in [4.69, 9.17) is 10.8 Å². The number of aliphatic carboxylic acids is 1. The molecule has 0 radical (unpaired) electrons. The van der Waals surface area contributed by atoms with Crippen LogP contribution in [0.25, 0.3) is 0 Å². The summed E-state index contributed by atoms with van der Waals surface area (Å²) < 4.78 is 0. The maximum absolute atomic E-state index is 10.5. The second-order valence-electron chi connectivity index (χ2n) is 4.79. The molecule has 0 heterocycles. The summed E-state index contributed by atoms with van der Waals surface area (Å²) in [5.41, 5.74) is 5.70. The third-order valence-corrected chi connectivity index (χ3v) is 3.16. The first kappa shape index (κ1) is 11.5. The van der Waals surface area contributed by atoms with Crippen LogP contribution in [0.4, 0.5) is 0 Å². The lowest BCUT2D eigenvalue weighted by Crippen LogP contribution is -2.47. The van der Waals surface area contributed by atoms with Crippen molar-refractivity contribution in [3.8, 4) is 0 Å². The molecular formula is C10H20N2O2. The predicted molar refractivity (Wildman–Crippen MR) is 55.0 cm³/mol. The number of hydrogen-bond acceptors (Lipinski definition) is 3. The van der Waals surface area contributed by atoms with Gasteiger partial charge in [-0.05, 0) is 18.3 Å². The molecule has 0 aromatic heterocycles. The summed E-state index contributed by atoms with van der Waals surface area (Å²) in [5, 5.41) is 11.9. The monoisotopic (exact) mass is 200 g/mol. The van der Waals surface area contributed by atoms with Crippen molar-refractivity contribution >= 4 is 5.97 Å². The molecule has 82 valence electrons. The minimum Gasteiger partial charge on any atom is -0.480 e. The van der Waals surface area contributed by atoms with E-state index in [0.717, 1.165) is 6.42 Å². The third-order valence-electron chi connectivity index (χ3n) is 3.16. The normalized spacial score (nSPS) is 27.5. The molecule has 1 fully saturated rings. The smallest absolute Gasteiger partial charge is 0.321 e. The molecule has 2 unspecified atom stereocenters. The van der Waals surface area contributed by atoms with Crippen molar-refractivity contribution in [1.29, 1.82) is 0 Å². The number of nitrogens with two attached hydrogens (primary N) is 1. The summed E-state index contributed by atoms with van der Waals surface area (Å²) in [6.45, 7) is 4.79. The van der Waals surface area contributed by atoms with Crippen LogP contribution in [0, 0.1) is 5.41 Å². The van der Waals surface area contributed by atoms with Crippen molar-refractivity contribution in [3.05, 3.63) is 0 Å². The Hall–Kier alpha value is -0.610. The zero-order chi connectivity index (χ0) is 10.8. The summed E-state index contributed by atoms with van der Waals surface area (Å²) >= 11 is 0. The Morgan fingerprint density at radius 1 is 1.71 bits per heavy atom. The zero-order valence-corrected chi connectivity index (χ0v) is 8.92. The Kier molecular flexibility index (Phi) is 3.50. The number of carboxylic acid groups (broad SMARTS) is 1. The quantitative estimate of drug-likeness (QED) is 0.620. The molecule has 2 atom stereocenters. The average Bonchev–Trinajstić information content (AvgIpc) is 2.40. The highest BCUT2D eigenvalue weighted by Gasteiger charge is 2.34. The van der Waals surface area contributed by atoms with Crippen LogP contribution in [0.15, 0.2) is 0 Å². The molecule has 0 aromatic rings. The van der Waals surface area contributed by atoms with Gasteiger partial charge in [-0.25, -0.2) is 0 Å². The van der Waals surface area contributed by atoms with Crippen molar-refractivity contribution in [1.82, 2.24) is 5.32 Å². The van der Waals surface area contributed by atoms with E-state index in [1.54, 1.807) is 0 Å². The molecule has 1 aliphatic rings. The Morgan fingerprint density at radius 2 is 2.36 bits per heavy atom. The number of hydrogen-bond donors (Lipinski definition) is 3. The van der Waals surface area contributed by atoms with Gasteiger partial charge in [-0.15, -0.1) is 0 Å². The molecule has 0 aliphatic heterocycles. The fourth-order valence-electron chi connectivity index (χ4n) is 2.06. The topological polar surface area (TPSA) is 75.3 Å². The fraction of sp³-hybridized carbons (Fsp3) is 0.900. The van der Waals surface area contributed by atoms with E-state index >= 15 is 0 Å². The summed E-state index contributed by atoms with van der Waals surface area (Å²) in [5.74, 6) is -0.937. The van der Waals surface area contributed by atoms with Crippen molar-refractivity contribution < 1.29 is 9.90 Å². The van der Waals surface area contributed by atoms with Crippen LogP contribution in [-0.4, -0.2) is 29.7 Å². The standard InChI is InChI=1S/C10H20N2O2/c1-10(2)5-3-4-8(10)12-6-7(11)9(13)14/h7-8,12H,3-6,11H2,1-2H3,(H,13,14). The lowest BCUT2D eigenvalue weighted by Gasteiger charge is -2.28. The van der Waals surface area contributed by atoms with E-state index in [-0.39, 0.29) is 5.41 Å². The molecular weight excluding hydrogens is 180 g/mol. The van der Waals surface area contributed by atoms with Crippen molar-refractivity contribution in [3.63, 3.8) is 0 Å².